The highest BCUT2D eigenvalue weighted by atomic mass is 19.1. The fraction of sp³-hybridized carbons (Fsp3) is 0.357. The molecule has 0 aliphatic carbocycles. The summed E-state index contributed by atoms with van der Waals surface area (Å²) in [6.07, 6.45) is 1.03. The summed E-state index contributed by atoms with van der Waals surface area (Å²) in [4.78, 5) is 0. The van der Waals surface area contributed by atoms with Gasteiger partial charge >= 0.3 is 0 Å². The smallest absolute Gasteiger partial charge is 0.174 e. The zero-order valence-corrected chi connectivity index (χ0v) is 11.2. The second kappa shape index (κ2) is 7.00. The number of aromatic nitrogens is 1. The largest absolute Gasteiger partial charge is 0.482 e. The maximum atomic E-state index is 13.3. The van der Waals surface area contributed by atoms with Crippen LogP contribution in [0.1, 0.15) is 24.8 Å². The summed E-state index contributed by atoms with van der Waals surface area (Å²) < 4.78 is 36.5. The molecule has 4 nitrogen and oxygen atoms in total. The molecule has 0 amide bonds. The van der Waals surface area contributed by atoms with Crippen LogP contribution in [-0.4, -0.2) is 11.7 Å². The van der Waals surface area contributed by atoms with Crippen molar-refractivity contribution in [1.82, 2.24) is 10.5 Å². The van der Waals surface area contributed by atoms with E-state index in [0.717, 1.165) is 36.9 Å². The molecule has 2 aromatic rings. The fourth-order valence-corrected chi connectivity index (χ4v) is 1.64. The van der Waals surface area contributed by atoms with Gasteiger partial charge in [0.25, 0.3) is 0 Å². The van der Waals surface area contributed by atoms with Crippen LogP contribution >= 0.6 is 0 Å². The first-order chi connectivity index (χ1) is 9.69. The van der Waals surface area contributed by atoms with Gasteiger partial charge in [-0.1, -0.05) is 12.1 Å². The van der Waals surface area contributed by atoms with Crippen LogP contribution in [0.4, 0.5) is 8.78 Å². The van der Waals surface area contributed by atoms with Crippen molar-refractivity contribution in [3.63, 3.8) is 0 Å². The molecule has 0 fully saturated rings. The maximum absolute atomic E-state index is 13.3. The highest BCUT2D eigenvalue weighted by Gasteiger charge is 2.08. The Kier molecular flexibility index (Phi) is 5.06. The molecule has 0 aliphatic heterocycles. The van der Waals surface area contributed by atoms with E-state index in [1.807, 2.05) is 0 Å². The molecular formula is C14H16F2N2O2. The molecule has 0 radical (unpaired) electrons. The van der Waals surface area contributed by atoms with E-state index in [1.54, 1.807) is 6.07 Å². The van der Waals surface area contributed by atoms with Crippen molar-refractivity contribution in [3.05, 3.63) is 47.4 Å². The van der Waals surface area contributed by atoms with E-state index in [2.05, 4.69) is 17.4 Å². The van der Waals surface area contributed by atoms with Gasteiger partial charge in [0.05, 0.1) is 5.69 Å². The van der Waals surface area contributed by atoms with Crippen LogP contribution in [0.15, 0.2) is 28.8 Å². The quantitative estimate of drug-likeness (QED) is 0.793. The molecule has 0 saturated carbocycles. The first-order valence-corrected chi connectivity index (χ1v) is 6.42. The van der Waals surface area contributed by atoms with Gasteiger partial charge < -0.3 is 14.6 Å². The Morgan fingerprint density at radius 3 is 2.95 bits per heavy atom. The Labute approximate surface area is 115 Å². The van der Waals surface area contributed by atoms with Gasteiger partial charge in [0.15, 0.2) is 17.3 Å². The molecule has 1 aromatic carbocycles. The Hall–Kier alpha value is -1.95. The molecule has 2 rings (SSSR count). The highest BCUT2D eigenvalue weighted by molar-refractivity contribution is 5.25. The molecule has 0 bridgehead atoms. The van der Waals surface area contributed by atoms with E-state index in [0.29, 0.717) is 12.3 Å². The number of nitrogens with zero attached hydrogens (tertiary/aromatic N) is 1. The van der Waals surface area contributed by atoms with E-state index in [4.69, 9.17) is 9.26 Å². The summed E-state index contributed by atoms with van der Waals surface area (Å²) in [5, 5.41) is 7.04. The van der Waals surface area contributed by atoms with Gasteiger partial charge in [0, 0.05) is 18.7 Å². The van der Waals surface area contributed by atoms with E-state index >= 15 is 0 Å². The SMILES string of the molecule is CCCNCc1cc(COc2cc(F)ccc2F)on1. The minimum Gasteiger partial charge on any atom is -0.482 e. The first-order valence-electron chi connectivity index (χ1n) is 6.42. The van der Waals surface area contributed by atoms with Crippen LogP contribution in [0.25, 0.3) is 0 Å². The monoisotopic (exact) mass is 282 g/mol. The molecular weight excluding hydrogens is 266 g/mol. The van der Waals surface area contributed by atoms with Crippen LogP contribution < -0.4 is 10.1 Å². The van der Waals surface area contributed by atoms with E-state index in [1.165, 1.54) is 0 Å². The van der Waals surface area contributed by atoms with Crippen LogP contribution in [0, 0.1) is 11.6 Å². The van der Waals surface area contributed by atoms with Gasteiger partial charge in [-0.25, -0.2) is 8.78 Å². The Morgan fingerprint density at radius 2 is 2.15 bits per heavy atom. The number of nitrogens with one attached hydrogen (secondary N) is 1. The fourth-order valence-electron chi connectivity index (χ4n) is 1.64. The average molecular weight is 282 g/mol. The molecule has 0 spiro atoms. The summed E-state index contributed by atoms with van der Waals surface area (Å²) >= 11 is 0. The van der Waals surface area contributed by atoms with Gasteiger partial charge in [-0.2, -0.15) is 0 Å². The Bertz CT molecular complexity index is 558. The van der Waals surface area contributed by atoms with Gasteiger partial charge in [-0.3, -0.25) is 0 Å². The first kappa shape index (κ1) is 14.5. The van der Waals surface area contributed by atoms with E-state index in [9.17, 15) is 8.78 Å². The second-order valence-corrected chi connectivity index (χ2v) is 4.32. The van der Waals surface area contributed by atoms with E-state index in [-0.39, 0.29) is 12.4 Å². The lowest BCUT2D eigenvalue weighted by Gasteiger charge is -2.04. The van der Waals surface area contributed by atoms with Gasteiger partial charge in [-0.15, -0.1) is 0 Å². The van der Waals surface area contributed by atoms with Crippen molar-refractivity contribution in [2.24, 2.45) is 0 Å². The van der Waals surface area contributed by atoms with Crippen molar-refractivity contribution >= 4 is 0 Å². The Morgan fingerprint density at radius 1 is 1.30 bits per heavy atom. The standard InChI is InChI=1S/C14H16F2N2O2/c1-2-5-17-8-11-7-12(20-18-11)9-19-14-6-10(15)3-4-13(14)16/h3-4,6-7,17H,2,5,8-9H2,1H3. The molecule has 108 valence electrons. The summed E-state index contributed by atoms with van der Waals surface area (Å²) in [6.45, 7) is 3.57. The van der Waals surface area contributed by atoms with Gasteiger partial charge in [0.1, 0.15) is 12.4 Å². The minimum absolute atomic E-state index is 0.00114. The lowest BCUT2D eigenvalue weighted by Crippen LogP contribution is -2.13. The van der Waals surface area contributed by atoms with Crippen molar-refractivity contribution in [3.8, 4) is 5.75 Å². The number of hydrogen-bond donors (Lipinski definition) is 1. The summed E-state index contributed by atoms with van der Waals surface area (Å²) in [7, 11) is 0. The normalized spacial score (nSPS) is 10.8. The number of rotatable bonds is 7. The average Bonchev–Trinajstić information content (AvgIpc) is 2.88. The predicted molar refractivity (Wildman–Crippen MR) is 69.2 cm³/mol. The molecule has 1 aromatic heterocycles. The zero-order chi connectivity index (χ0) is 14.4. The summed E-state index contributed by atoms with van der Waals surface area (Å²) in [5.74, 6) is -0.854. The molecule has 0 aliphatic rings. The zero-order valence-electron chi connectivity index (χ0n) is 11.2. The van der Waals surface area contributed by atoms with Crippen molar-refractivity contribution in [2.45, 2.75) is 26.5 Å². The Balaban J connectivity index is 1.89. The molecule has 6 heteroatoms. The van der Waals surface area contributed by atoms with Crippen molar-refractivity contribution < 1.29 is 18.0 Å². The highest BCUT2D eigenvalue weighted by Crippen LogP contribution is 2.19. The van der Waals surface area contributed by atoms with Crippen LogP contribution in [0.5, 0.6) is 5.75 Å². The minimum atomic E-state index is -0.615. The molecule has 0 saturated heterocycles. The third-order valence-corrected chi connectivity index (χ3v) is 2.60. The molecule has 1 N–H and O–H groups in total. The lowest BCUT2D eigenvalue weighted by molar-refractivity contribution is 0.238. The second-order valence-electron chi connectivity index (χ2n) is 4.32. The van der Waals surface area contributed by atoms with Crippen LogP contribution in [0.2, 0.25) is 0 Å². The number of ether oxygens (including phenoxy) is 1. The summed E-state index contributed by atoms with van der Waals surface area (Å²) in [6, 6.07) is 4.77. The topological polar surface area (TPSA) is 47.3 Å². The van der Waals surface area contributed by atoms with E-state index < -0.39 is 11.6 Å². The third-order valence-electron chi connectivity index (χ3n) is 2.60. The van der Waals surface area contributed by atoms with Crippen molar-refractivity contribution in [2.75, 3.05) is 6.54 Å². The van der Waals surface area contributed by atoms with Gasteiger partial charge in [0.2, 0.25) is 0 Å². The maximum Gasteiger partial charge on any atom is 0.174 e. The third kappa shape index (κ3) is 4.03. The lowest BCUT2D eigenvalue weighted by atomic mass is 10.3. The summed E-state index contributed by atoms with van der Waals surface area (Å²) in [5.41, 5.74) is 0.747. The number of halogens is 2. The number of benzene rings is 1. The van der Waals surface area contributed by atoms with Crippen molar-refractivity contribution in [1.29, 1.82) is 0 Å². The predicted octanol–water partition coefficient (Wildman–Crippen LogP) is 3.03. The molecule has 0 unspecified atom stereocenters. The molecule has 0 atom stereocenters. The van der Waals surface area contributed by atoms with Crippen LogP contribution in [0.3, 0.4) is 0 Å². The van der Waals surface area contributed by atoms with Gasteiger partial charge in [-0.05, 0) is 25.1 Å². The molecule has 20 heavy (non-hydrogen) atoms. The van der Waals surface area contributed by atoms with Crippen LogP contribution in [-0.2, 0) is 13.2 Å². The molecule has 1 heterocycles. The number of hydrogen-bond acceptors (Lipinski definition) is 4.